The van der Waals surface area contributed by atoms with Crippen molar-refractivity contribution in [1.82, 2.24) is 14.8 Å². The molecule has 0 fully saturated rings. The van der Waals surface area contributed by atoms with Crippen LogP contribution in [0.1, 0.15) is 18.5 Å². The average Bonchev–Trinajstić information content (AvgIpc) is 3.32. The Morgan fingerprint density at radius 3 is 2.69 bits per heavy atom. The SMILES string of the molecule is Cc1cc(NC(=O)CCCS(=O)(=O)c2ccc(F)cc2)n(-c2nc3c(Cl)cccc3s2)n1. The number of halogens is 2. The molecule has 0 aliphatic rings. The topological polar surface area (TPSA) is 94.0 Å². The van der Waals surface area contributed by atoms with Gasteiger partial charge in [-0.1, -0.05) is 29.0 Å². The van der Waals surface area contributed by atoms with Crippen LogP contribution in [0, 0.1) is 12.7 Å². The van der Waals surface area contributed by atoms with Crippen LogP contribution in [-0.4, -0.2) is 34.8 Å². The molecule has 1 N–H and O–H groups in total. The van der Waals surface area contributed by atoms with Gasteiger partial charge in [-0.25, -0.2) is 17.8 Å². The molecule has 2 aromatic carbocycles. The lowest BCUT2D eigenvalue weighted by atomic mass is 10.3. The molecule has 7 nitrogen and oxygen atoms in total. The summed E-state index contributed by atoms with van der Waals surface area (Å²) in [6.45, 7) is 1.79. The second-order valence-electron chi connectivity index (χ2n) is 7.09. The predicted molar refractivity (Wildman–Crippen MR) is 123 cm³/mol. The summed E-state index contributed by atoms with van der Waals surface area (Å²) in [7, 11) is -3.60. The van der Waals surface area contributed by atoms with Gasteiger partial charge in [-0.05, 0) is 49.7 Å². The number of anilines is 1. The van der Waals surface area contributed by atoms with Gasteiger partial charge in [-0.15, -0.1) is 0 Å². The molecule has 0 radical (unpaired) electrons. The smallest absolute Gasteiger partial charge is 0.225 e. The van der Waals surface area contributed by atoms with E-state index < -0.39 is 15.7 Å². The van der Waals surface area contributed by atoms with Gasteiger partial charge >= 0.3 is 0 Å². The minimum Gasteiger partial charge on any atom is -0.311 e. The minimum absolute atomic E-state index is 0.00365. The first kappa shape index (κ1) is 22.4. The highest BCUT2D eigenvalue weighted by Gasteiger charge is 2.18. The monoisotopic (exact) mass is 492 g/mol. The first-order valence-corrected chi connectivity index (χ1v) is 12.5. The molecule has 32 heavy (non-hydrogen) atoms. The molecule has 1 amide bonds. The van der Waals surface area contributed by atoms with Gasteiger partial charge in [0.25, 0.3) is 0 Å². The maximum absolute atomic E-state index is 13.0. The van der Waals surface area contributed by atoms with Gasteiger partial charge in [0.1, 0.15) is 17.2 Å². The summed E-state index contributed by atoms with van der Waals surface area (Å²) in [5.74, 6) is -0.643. The van der Waals surface area contributed by atoms with Crippen LogP contribution < -0.4 is 5.32 Å². The molecule has 166 valence electrons. The molecule has 11 heteroatoms. The number of aryl methyl sites for hydroxylation is 1. The third-order valence-corrected chi connectivity index (χ3v) is 7.75. The highest BCUT2D eigenvalue weighted by atomic mass is 35.5. The van der Waals surface area contributed by atoms with Crippen molar-refractivity contribution < 1.29 is 17.6 Å². The Bertz CT molecular complexity index is 1400. The second kappa shape index (κ2) is 8.97. The Hall–Kier alpha value is -2.82. The number of carbonyl (C=O) groups excluding carboxylic acids is 1. The Morgan fingerprint density at radius 1 is 1.22 bits per heavy atom. The van der Waals surface area contributed by atoms with Crippen LogP contribution in [0.5, 0.6) is 0 Å². The molecule has 0 bridgehead atoms. The number of nitrogens with one attached hydrogen (secondary N) is 1. The fraction of sp³-hybridized carbons (Fsp3) is 0.190. The number of sulfone groups is 1. The maximum atomic E-state index is 13.0. The van der Waals surface area contributed by atoms with Crippen molar-refractivity contribution >= 4 is 54.7 Å². The van der Waals surface area contributed by atoms with Gasteiger partial charge in [0, 0.05) is 12.5 Å². The summed E-state index contributed by atoms with van der Waals surface area (Å²) >= 11 is 7.60. The molecule has 0 aliphatic carbocycles. The number of rotatable bonds is 7. The van der Waals surface area contributed by atoms with E-state index in [9.17, 15) is 17.6 Å². The summed E-state index contributed by atoms with van der Waals surface area (Å²) in [4.78, 5) is 17.0. The number of thiazole rings is 1. The van der Waals surface area contributed by atoms with Crippen LogP contribution in [0.3, 0.4) is 0 Å². The highest BCUT2D eigenvalue weighted by Crippen LogP contribution is 2.31. The number of nitrogens with zero attached hydrogens (tertiary/aromatic N) is 3. The van der Waals surface area contributed by atoms with E-state index in [4.69, 9.17) is 11.6 Å². The number of fused-ring (bicyclic) bond motifs is 1. The normalized spacial score (nSPS) is 11.7. The Kier molecular flexibility index (Phi) is 6.27. The van der Waals surface area contributed by atoms with Crippen LogP contribution in [0.4, 0.5) is 10.2 Å². The zero-order chi connectivity index (χ0) is 22.9. The van der Waals surface area contributed by atoms with E-state index in [2.05, 4.69) is 15.4 Å². The van der Waals surface area contributed by atoms with Crippen molar-refractivity contribution in [2.45, 2.75) is 24.7 Å². The number of hydrogen-bond acceptors (Lipinski definition) is 6. The second-order valence-corrected chi connectivity index (χ2v) is 10.6. The molecule has 4 aromatic rings. The summed E-state index contributed by atoms with van der Waals surface area (Å²) in [5, 5.41) is 8.26. The lowest BCUT2D eigenvalue weighted by Gasteiger charge is -2.07. The third kappa shape index (κ3) is 4.82. The highest BCUT2D eigenvalue weighted by molar-refractivity contribution is 7.91. The summed E-state index contributed by atoms with van der Waals surface area (Å²) in [5.41, 5.74) is 1.34. The van der Waals surface area contributed by atoms with Crippen molar-refractivity contribution in [1.29, 1.82) is 0 Å². The summed E-state index contributed by atoms with van der Waals surface area (Å²) in [6.07, 6.45) is 0.117. The zero-order valence-electron chi connectivity index (χ0n) is 16.9. The lowest BCUT2D eigenvalue weighted by Crippen LogP contribution is -2.16. The van der Waals surface area contributed by atoms with Crippen molar-refractivity contribution in [3.8, 4) is 5.13 Å². The number of carbonyl (C=O) groups is 1. The molecule has 0 spiro atoms. The number of aromatic nitrogens is 3. The van der Waals surface area contributed by atoms with Gasteiger partial charge in [-0.3, -0.25) is 4.79 Å². The largest absolute Gasteiger partial charge is 0.311 e. The fourth-order valence-electron chi connectivity index (χ4n) is 3.12. The van der Waals surface area contributed by atoms with Gasteiger partial charge in [0.05, 0.1) is 26.1 Å². The van der Waals surface area contributed by atoms with Crippen molar-refractivity contribution in [3.63, 3.8) is 0 Å². The van der Waals surface area contributed by atoms with Crippen LogP contribution in [0.25, 0.3) is 15.3 Å². The molecule has 2 aromatic heterocycles. The fourth-order valence-corrected chi connectivity index (χ4v) is 5.66. The molecule has 2 heterocycles. The lowest BCUT2D eigenvalue weighted by molar-refractivity contribution is -0.116. The average molecular weight is 493 g/mol. The van der Waals surface area contributed by atoms with Gasteiger partial charge in [-0.2, -0.15) is 9.78 Å². The molecule has 0 atom stereocenters. The number of hydrogen-bond donors (Lipinski definition) is 1. The standard InChI is InChI=1S/C21H18ClFN4O3S2/c1-13-12-18(27(26-13)21-25-20-16(22)4-2-5-17(20)31-21)24-19(28)6-3-11-32(29,30)15-9-7-14(23)8-10-15/h2,4-5,7-10,12H,3,6,11H2,1H3,(H,24,28). The molecular weight excluding hydrogens is 475 g/mol. The zero-order valence-corrected chi connectivity index (χ0v) is 19.3. The van der Waals surface area contributed by atoms with Crippen LogP contribution in [-0.2, 0) is 14.6 Å². The van der Waals surface area contributed by atoms with Gasteiger partial charge in [0.15, 0.2) is 9.84 Å². The van der Waals surface area contributed by atoms with E-state index in [1.54, 1.807) is 19.1 Å². The quantitative estimate of drug-likeness (QED) is 0.375. The maximum Gasteiger partial charge on any atom is 0.225 e. The number of para-hydroxylation sites is 1. The van der Waals surface area contributed by atoms with E-state index in [1.807, 2.05) is 12.1 Å². The van der Waals surface area contributed by atoms with E-state index >= 15 is 0 Å². The van der Waals surface area contributed by atoms with E-state index in [0.29, 0.717) is 27.2 Å². The van der Waals surface area contributed by atoms with Gasteiger partial charge < -0.3 is 5.32 Å². The van der Waals surface area contributed by atoms with E-state index in [0.717, 1.165) is 16.8 Å². The predicted octanol–water partition coefficient (Wildman–Crippen LogP) is 4.78. The van der Waals surface area contributed by atoms with Crippen LogP contribution >= 0.6 is 22.9 Å². The summed E-state index contributed by atoms with van der Waals surface area (Å²) < 4.78 is 40.1. The Morgan fingerprint density at radius 2 is 1.97 bits per heavy atom. The molecule has 4 rings (SSSR count). The van der Waals surface area contributed by atoms with E-state index in [-0.39, 0.29) is 29.4 Å². The Balaban J connectivity index is 1.44. The first-order chi connectivity index (χ1) is 15.2. The Labute approximate surface area is 192 Å². The molecular formula is C21H18ClFN4O3S2. The third-order valence-electron chi connectivity index (χ3n) is 4.63. The first-order valence-electron chi connectivity index (χ1n) is 9.63. The van der Waals surface area contributed by atoms with Crippen molar-refractivity contribution in [3.05, 3.63) is 65.1 Å². The molecule has 0 unspecified atom stereocenters. The van der Waals surface area contributed by atoms with Crippen molar-refractivity contribution in [2.24, 2.45) is 0 Å². The van der Waals surface area contributed by atoms with Crippen LogP contribution in [0.15, 0.2) is 53.4 Å². The van der Waals surface area contributed by atoms with E-state index in [1.165, 1.54) is 28.2 Å². The van der Waals surface area contributed by atoms with Gasteiger partial charge in [0.2, 0.25) is 11.0 Å². The van der Waals surface area contributed by atoms with Crippen LogP contribution in [0.2, 0.25) is 5.02 Å². The number of benzene rings is 2. The summed E-state index contributed by atoms with van der Waals surface area (Å²) in [6, 6.07) is 11.8. The van der Waals surface area contributed by atoms with Crippen molar-refractivity contribution in [2.75, 3.05) is 11.1 Å². The number of amides is 1. The molecule has 0 saturated heterocycles. The molecule has 0 saturated carbocycles. The minimum atomic E-state index is -3.60. The molecule has 0 aliphatic heterocycles.